The number of para-hydroxylation sites is 5. The molecule has 11 aromatic rings. The van der Waals surface area contributed by atoms with Crippen LogP contribution in [-0.4, -0.2) is 9.13 Å². The van der Waals surface area contributed by atoms with Gasteiger partial charge in [0.15, 0.2) is 0 Å². The number of furan rings is 1. The van der Waals surface area contributed by atoms with Crippen molar-refractivity contribution in [3.05, 3.63) is 181 Å². The molecule has 8 aromatic carbocycles. The zero-order valence-electron chi connectivity index (χ0n) is 28.5. The lowest BCUT2D eigenvalue weighted by Gasteiger charge is -2.12. The number of rotatable bonds is 4. The van der Waals surface area contributed by atoms with Gasteiger partial charge in [-0.1, -0.05) is 103 Å². The zero-order chi connectivity index (χ0) is 35.0. The van der Waals surface area contributed by atoms with Crippen LogP contribution in [0.3, 0.4) is 0 Å². The van der Waals surface area contributed by atoms with E-state index in [1.165, 1.54) is 27.4 Å². The molecule has 0 fully saturated rings. The summed E-state index contributed by atoms with van der Waals surface area (Å²) in [5.74, 6) is 0. The molecule has 0 saturated carbocycles. The summed E-state index contributed by atoms with van der Waals surface area (Å²) < 4.78 is 11.1. The number of hydrogen-bond donors (Lipinski definition) is 0. The average Bonchev–Trinajstić information content (AvgIpc) is 3.88. The van der Waals surface area contributed by atoms with E-state index in [2.05, 4.69) is 161 Å². The second kappa shape index (κ2) is 11.3. The zero-order valence-corrected chi connectivity index (χ0v) is 28.5. The van der Waals surface area contributed by atoms with Crippen LogP contribution >= 0.6 is 0 Å². The minimum Gasteiger partial charge on any atom is -0.455 e. The van der Waals surface area contributed by atoms with Crippen molar-refractivity contribution in [1.29, 1.82) is 5.26 Å². The van der Waals surface area contributed by atoms with Crippen LogP contribution in [-0.2, 0) is 0 Å². The van der Waals surface area contributed by atoms with Gasteiger partial charge in [-0.25, -0.2) is 0 Å². The molecule has 0 aliphatic rings. The second-order valence-electron chi connectivity index (χ2n) is 13.7. The Labute approximate surface area is 304 Å². The lowest BCUT2D eigenvalue weighted by Crippen LogP contribution is -1.96. The molecule has 0 radical (unpaired) electrons. The molecule has 0 bridgehead atoms. The van der Waals surface area contributed by atoms with E-state index in [1.807, 2.05) is 30.3 Å². The van der Waals surface area contributed by atoms with Gasteiger partial charge < -0.3 is 13.6 Å². The van der Waals surface area contributed by atoms with Crippen LogP contribution in [0.15, 0.2) is 180 Å². The molecular weight excluding hydrogens is 647 g/mol. The summed E-state index contributed by atoms with van der Waals surface area (Å²) in [5, 5.41) is 17.2. The van der Waals surface area contributed by atoms with Crippen LogP contribution in [0.5, 0.6) is 0 Å². The minimum absolute atomic E-state index is 0.594. The van der Waals surface area contributed by atoms with E-state index < -0.39 is 0 Å². The minimum atomic E-state index is 0.594. The molecule has 11 rings (SSSR count). The molecule has 0 saturated heterocycles. The van der Waals surface area contributed by atoms with Crippen LogP contribution in [0.25, 0.3) is 99.2 Å². The van der Waals surface area contributed by atoms with E-state index in [1.54, 1.807) is 0 Å². The van der Waals surface area contributed by atoms with Gasteiger partial charge in [0.2, 0.25) is 0 Å². The van der Waals surface area contributed by atoms with E-state index in [9.17, 15) is 5.26 Å². The molecule has 0 unspecified atom stereocenters. The summed E-state index contributed by atoms with van der Waals surface area (Å²) in [6.07, 6.45) is 0. The van der Waals surface area contributed by atoms with Crippen molar-refractivity contribution in [2.24, 2.45) is 0 Å². The van der Waals surface area contributed by atoms with Crippen molar-refractivity contribution < 1.29 is 4.42 Å². The highest BCUT2D eigenvalue weighted by Crippen LogP contribution is 2.40. The van der Waals surface area contributed by atoms with E-state index >= 15 is 0 Å². The van der Waals surface area contributed by atoms with Crippen LogP contribution in [0.4, 0.5) is 0 Å². The van der Waals surface area contributed by atoms with Crippen molar-refractivity contribution in [3.8, 4) is 39.7 Å². The number of nitrogens with zero attached hydrogens (tertiary/aromatic N) is 3. The maximum atomic E-state index is 10.3. The quantitative estimate of drug-likeness (QED) is 0.186. The van der Waals surface area contributed by atoms with Gasteiger partial charge in [-0.05, 0) is 89.5 Å². The largest absolute Gasteiger partial charge is 0.455 e. The molecule has 0 aliphatic heterocycles. The number of nitriles is 1. The van der Waals surface area contributed by atoms with Gasteiger partial charge in [0.1, 0.15) is 11.2 Å². The summed E-state index contributed by atoms with van der Waals surface area (Å²) in [5.41, 5.74) is 13.1. The van der Waals surface area contributed by atoms with Gasteiger partial charge in [-0.15, -0.1) is 0 Å². The highest BCUT2D eigenvalue weighted by Gasteiger charge is 2.18. The summed E-state index contributed by atoms with van der Waals surface area (Å²) >= 11 is 0. The first-order valence-electron chi connectivity index (χ1n) is 17.8. The van der Waals surface area contributed by atoms with Crippen molar-refractivity contribution in [3.63, 3.8) is 0 Å². The van der Waals surface area contributed by atoms with Crippen molar-refractivity contribution in [1.82, 2.24) is 9.13 Å². The highest BCUT2D eigenvalue weighted by atomic mass is 16.3. The average molecular weight is 676 g/mol. The maximum absolute atomic E-state index is 10.3. The Morgan fingerprint density at radius 3 is 1.64 bits per heavy atom. The fourth-order valence-corrected chi connectivity index (χ4v) is 8.37. The molecule has 0 atom stereocenters. The van der Waals surface area contributed by atoms with Gasteiger partial charge >= 0.3 is 0 Å². The second-order valence-corrected chi connectivity index (χ2v) is 13.7. The third-order valence-corrected chi connectivity index (χ3v) is 10.7. The SMILES string of the molecule is N#Cc1cc(-c2cccc3c2oc2ccccc23)cc(-n2c3ccccc3c3cc(-c4ccc5c(c4)c4ccccc4n5-c4ccccc4)ccc32)c1. The number of benzene rings is 8. The lowest BCUT2D eigenvalue weighted by molar-refractivity contribution is 0.670. The first-order valence-corrected chi connectivity index (χ1v) is 17.8. The maximum Gasteiger partial charge on any atom is 0.143 e. The van der Waals surface area contributed by atoms with Crippen molar-refractivity contribution in [2.75, 3.05) is 0 Å². The van der Waals surface area contributed by atoms with Crippen LogP contribution in [0, 0.1) is 11.3 Å². The van der Waals surface area contributed by atoms with Crippen LogP contribution in [0.2, 0.25) is 0 Å². The Balaban J connectivity index is 1.09. The fourth-order valence-electron chi connectivity index (χ4n) is 8.37. The number of aromatic nitrogens is 2. The van der Waals surface area contributed by atoms with E-state index in [0.717, 1.165) is 71.8 Å². The molecular formula is C49H29N3O. The van der Waals surface area contributed by atoms with E-state index in [4.69, 9.17) is 4.42 Å². The van der Waals surface area contributed by atoms with Crippen molar-refractivity contribution in [2.45, 2.75) is 0 Å². The standard InChI is InChI=1S/C49H29N3O/c50-30-31-25-34(37-16-10-17-41-40-15-6-9-20-48(40)53-49(37)41)27-36(26-31)52-45-19-8-5-14-39(45)43-29-33(22-24-47(43)52)32-21-23-46-42(28-32)38-13-4-7-18-44(38)51(46)35-11-2-1-3-12-35/h1-29H. The Morgan fingerprint density at radius 1 is 0.396 bits per heavy atom. The fraction of sp³-hybridized carbons (Fsp3) is 0. The molecule has 0 spiro atoms. The molecule has 0 aliphatic carbocycles. The first-order chi connectivity index (χ1) is 26.2. The lowest BCUT2D eigenvalue weighted by atomic mass is 9.99. The molecule has 4 heteroatoms. The molecule has 0 N–H and O–H groups in total. The number of fused-ring (bicyclic) bond motifs is 9. The van der Waals surface area contributed by atoms with Gasteiger partial charge in [0, 0.05) is 49.3 Å². The first kappa shape index (κ1) is 29.4. The molecule has 0 amide bonds. The van der Waals surface area contributed by atoms with Gasteiger partial charge in [0.05, 0.1) is 33.7 Å². The molecule has 4 nitrogen and oxygen atoms in total. The Kier molecular flexibility index (Phi) is 6.28. The Morgan fingerprint density at radius 2 is 0.962 bits per heavy atom. The molecule has 3 heterocycles. The summed E-state index contributed by atoms with van der Waals surface area (Å²) in [7, 11) is 0. The van der Waals surface area contributed by atoms with E-state index in [0.29, 0.717) is 5.56 Å². The summed E-state index contributed by atoms with van der Waals surface area (Å²) in [4.78, 5) is 0. The number of hydrogen-bond acceptors (Lipinski definition) is 2. The Bertz CT molecular complexity index is 3300. The van der Waals surface area contributed by atoms with Gasteiger partial charge in [-0.3, -0.25) is 0 Å². The molecule has 53 heavy (non-hydrogen) atoms. The van der Waals surface area contributed by atoms with Gasteiger partial charge in [-0.2, -0.15) is 5.26 Å². The van der Waals surface area contributed by atoms with Crippen LogP contribution < -0.4 is 0 Å². The normalized spacial score (nSPS) is 11.8. The topological polar surface area (TPSA) is 46.8 Å². The van der Waals surface area contributed by atoms with Gasteiger partial charge in [0.25, 0.3) is 0 Å². The van der Waals surface area contributed by atoms with Crippen LogP contribution in [0.1, 0.15) is 5.56 Å². The highest BCUT2D eigenvalue weighted by molar-refractivity contribution is 6.13. The summed E-state index contributed by atoms with van der Waals surface area (Å²) in [6.45, 7) is 0. The van der Waals surface area contributed by atoms with E-state index in [-0.39, 0.29) is 0 Å². The Hall–Kier alpha value is -7.35. The predicted molar refractivity (Wildman–Crippen MR) is 218 cm³/mol. The third-order valence-electron chi connectivity index (χ3n) is 10.7. The summed E-state index contributed by atoms with van der Waals surface area (Å²) in [6, 6.07) is 64.3. The smallest absolute Gasteiger partial charge is 0.143 e. The van der Waals surface area contributed by atoms with Crippen molar-refractivity contribution >= 4 is 65.6 Å². The molecule has 246 valence electrons. The third kappa shape index (κ3) is 4.41. The molecule has 3 aromatic heterocycles. The predicted octanol–water partition coefficient (Wildman–Crippen LogP) is 13.0. The monoisotopic (exact) mass is 675 g/mol.